The normalized spacial score (nSPS) is 12.9. The number of nitrogens with zero attached hydrogens (tertiary/aromatic N) is 2. The number of para-hydroxylation sites is 1. The van der Waals surface area contributed by atoms with Crippen LogP contribution in [0.15, 0.2) is 90.1 Å². The minimum Gasteiger partial charge on any atom is -0.486 e. The van der Waals surface area contributed by atoms with Crippen molar-refractivity contribution < 1.29 is 36.7 Å². The molecule has 0 amide bonds. The van der Waals surface area contributed by atoms with Crippen molar-refractivity contribution >= 4 is 50.0 Å². The maximum atomic E-state index is 14.7. The zero-order chi connectivity index (χ0) is 40.3. The van der Waals surface area contributed by atoms with Crippen LogP contribution < -0.4 is 4.74 Å². The molecular formula is C46H46F4N2O4. The quantitative estimate of drug-likeness (QED) is 0.0343. The highest BCUT2D eigenvalue weighted by Gasteiger charge is 2.42. The van der Waals surface area contributed by atoms with Crippen LogP contribution in [0.2, 0.25) is 0 Å². The van der Waals surface area contributed by atoms with Crippen molar-refractivity contribution in [2.45, 2.75) is 86.1 Å². The summed E-state index contributed by atoms with van der Waals surface area (Å²) >= 11 is 0. The average molecular weight is 767 g/mol. The zero-order valence-electron chi connectivity index (χ0n) is 32.5. The number of ketones is 1. The Morgan fingerprint density at radius 3 is 2.16 bits per heavy atom. The first kappa shape index (κ1) is 40.2. The summed E-state index contributed by atoms with van der Waals surface area (Å²) in [5.41, 5.74) is 6.59. The molecule has 0 saturated carbocycles. The van der Waals surface area contributed by atoms with Crippen molar-refractivity contribution in [1.82, 2.24) is 4.57 Å². The minimum atomic E-state index is -4.40. The number of alkyl halides is 4. The first-order chi connectivity index (χ1) is 26.7. The monoisotopic (exact) mass is 766 g/mol. The molecule has 1 heterocycles. The summed E-state index contributed by atoms with van der Waals surface area (Å²) < 4.78 is 61.8. The molecule has 1 aromatic heterocycles. The molecule has 56 heavy (non-hydrogen) atoms. The number of carbonyl (C=O) groups excluding carboxylic acids is 2. The fraction of sp³-hybridized carbons (Fsp3) is 0.326. The minimum absolute atomic E-state index is 0.0661. The van der Waals surface area contributed by atoms with Gasteiger partial charge in [-0.15, -0.1) is 0 Å². The fourth-order valence-corrected chi connectivity index (χ4v) is 7.73. The van der Waals surface area contributed by atoms with Gasteiger partial charge < -0.3 is 14.1 Å². The SMILES string of the molecule is CCCCC(CC)Cn1c2ccc(C(=NOC(C)=O)c3ccccc3OCC(F)(F)C(F)F)cc2c2cc(C(=O)c3c(C)cc(C)cc3C)c3ccccc3c21. The largest absolute Gasteiger partial charge is 0.486 e. The van der Waals surface area contributed by atoms with Crippen molar-refractivity contribution in [2.24, 2.45) is 11.1 Å². The van der Waals surface area contributed by atoms with Crippen LogP contribution in [0.1, 0.15) is 90.2 Å². The number of benzene rings is 5. The van der Waals surface area contributed by atoms with Crippen LogP contribution in [0, 0.1) is 26.7 Å². The van der Waals surface area contributed by atoms with Gasteiger partial charge in [0, 0.05) is 57.4 Å². The van der Waals surface area contributed by atoms with Crippen LogP contribution in [0.5, 0.6) is 5.75 Å². The molecule has 0 bridgehead atoms. The highest BCUT2D eigenvalue weighted by Crippen LogP contribution is 2.40. The number of aryl methyl sites for hydroxylation is 3. The zero-order valence-corrected chi connectivity index (χ0v) is 32.5. The molecule has 0 N–H and O–H groups in total. The molecule has 6 nitrogen and oxygen atoms in total. The topological polar surface area (TPSA) is 69.9 Å². The smallest absolute Gasteiger partial charge is 0.340 e. The molecule has 0 aliphatic carbocycles. The number of oxime groups is 1. The predicted octanol–water partition coefficient (Wildman–Crippen LogP) is 11.9. The second kappa shape index (κ2) is 16.7. The van der Waals surface area contributed by atoms with Crippen molar-refractivity contribution in [1.29, 1.82) is 0 Å². The number of carbonyl (C=O) groups is 2. The molecule has 0 saturated heterocycles. The Bertz CT molecular complexity index is 2440. The molecule has 1 atom stereocenters. The van der Waals surface area contributed by atoms with Crippen LogP contribution in [0.3, 0.4) is 0 Å². The maximum Gasteiger partial charge on any atom is 0.340 e. The van der Waals surface area contributed by atoms with Gasteiger partial charge in [0.2, 0.25) is 0 Å². The van der Waals surface area contributed by atoms with Gasteiger partial charge in [-0.05, 0) is 80.0 Å². The van der Waals surface area contributed by atoms with Gasteiger partial charge in [-0.3, -0.25) is 4.79 Å². The van der Waals surface area contributed by atoms with Gasteiger partial charge in [0.15, 0.2) is 12.4 Å². The standard InChI is InChI=1S/C46H46F4N2O4/c1-7-9-14-31(8-2)25-52-39-20-19-32(42(51-56-30(6)53)35-17-12-13-18-40(35)55-26-46(49,50)45(47)48)23-36(39)37-24-38(33-15-10-11-16-34(33)43(37)52)44(54)41-28(4)21-27(3)22-29(41)5/h10-13,15-24,31,45H,7-9,14,25-26H2,1-6H3. The summed E-state index contributed by atoms with van der Waals surface area (Å²) in [7, 11) is 0. The van der Waals surface area contributed by atoms with E-state index in [1.54, 1.807) is 12.1 Å². The number of unbranched alkanes of at least 4 members (excludes halogenated alkanes) is 1. The lowest BCUT2D eigenvalue weighted by Crippen LogP contribution is -2.34. The van der Waals surface area contributed by atoms with E-state index in [2.05, 4.69) is 23.6 Å². The lowest BCUT2D eigenvalue weighted by molar-refractivity contribution is -0.148. The summed E-state index contributed by atoms with van der Waals surface area (Å²) in [6, 6.07) is 25.6. The molecule has 1 unspecified atom stereocenters. The highest BCUT2D eigenvalue weighted by atomic mass is 19.3. The molecular weight excluding hydrogens is 721 g/mol. The van der Waals surface area contributed by atoms with Gasteiger partial charge in [-0.1, -0.05) is 98.4 Å². The van der Waals surface area contributed by atoms with Crippen LogP contribution in [0.4, 0.5) is 17.6 Å². The lowest BCUT2D eigenvalue weighted by atomic mass is 9.89. The van der Waals surface area contributed by atoms with Gasteiger partial charge >= 0.3 is 18.3 Å². The first-order valence-electron chi connectivity index (χ1n) is 19.0. The lowest BCUT2D eigenvalue weighted by Gasteiger charge is -2.19. The Kier molecular flexibility index (Phi) is 12.0. The van der Waals surface area contributed by atoms with Crippen LogP contribution in [0.25, 0.3) is 32.6 Å². The van der Waals surface area contributed by atoms with E-state index in [9.17, 15) is 27.2 Å². The molecule has 5 aromatic carbocycles. The Morgan fingerprint density at radius 2 is 1.50 bits per heavy atom. The molecule has 0 aliphatic heterocycles. The summed E-state index contributed by atoms with van der Waals surface area (Å²) in [4.78, 5) is 31.9. The van der Waals surface area contributed by atoms with Gasteiger partial charge in [0.25, 0.3) is 0 Å². The summed E-state index contributed by atoms with van der Waals surface area (Å²) in [5.74, 6) is -4.99. The van der Waals surface area contributed by atoms with Gasteiger partial charge in [-0.2, -0.15) is 8.78 Å². The third kappa shape index (κ3) is 8.06. The molecule has 292 valence electrons. The van der Waals surface area contributed by atoms with E-state index in [1.165, 1.54) is 25.1 Å². The number of rotatable bonds is 15. The summed E-state index contributed by atoms with van der Waals surface area (Å²) in [6.45, 7) is 10.6. The van der Waals surface area contributed by atoms with E-state index >= 15 is 0 Å². The number of halogens is 4. The molecule has 6 rings (SSSR count). The molecule has 0 aliphatic rings. The Hall–Kier alpha value is -5.51. The van der Waals surface area contributed by atoms with Crippen LogP contribution in [-0.2, 0) is 16.2 Å². The van der Waals surface area contributed by atoms with Gasteiger partial charge in [-0.25, -0.2) is 13.6 Å². The van der Waals surface area contributed by atoms with Gasteiger partial charge in [0.05, 0.1) is 5.52 Å². The number of hydrogen-bond acceptors (Lipinski definition) is 5. The number of fused-ring (bicyclic) bond motifs is 5. The summed E-state index contributed by atoms with van der Waals surface area (Å²) in [6.07, 6.45) is 0.266. The van der Waals surface area contributed by atoms with E-state index in [1.807, 2.05) is 75.4 Å². The Balaban J connectivity index is 1.63. The number of ether oxygens (including phenoxy) is 1. The highest BCUT2D eigenvalue weighted by molar-refractivity contribution is 6.27. The molecule has 6 aromatic rings. The van der Waals surface area contributed by atoms with E-state index in [4.69, 9.17) is 9.57 Å². The van der Waals surface area contributed by atoms with E-state index in [0.717, 1.165) is 81.5 Å². The first-order valence-corrected chi connectivity index (χ1v) is 19.0. The van der Waals surface area contributed by atoms with Crippen molar-refractivity contribution in [3.05, 3.63) is 124 Å². The molecule has 10 heteroatoms. The molecule has 0 fully saturated rings. The maximum absolute atomic E-state index is 14.7. The van der Waals surface area contributed by atoms with E-state index in [0.29, 0.717) is 22.6 Å². The predicted molar refractivity (Wildman–Crippen MR) is 215 cm³/mol. The fourth-order valence-electron chi connectivity index (χ4n) is 7.73. The van der Waals surface area contributed by atoms with Crippen LogP contribution in [-0.4, -0.2) is 41.0 Å². The molecule has 0 spiro atoms. The third-order valence-electron chi connectivity index (χ3n) is 10.4. The van der Waals surface area contributed by atoms with Gasteiger partial charge in [0.1, 0.15) is 11.5 Å². The van der Waals surface area contributed by atoms with Crippen LogP contribution >= 0.6 is 0 Å². The Morgan fingerprint density at radius 1 is 0.821 bits per heavy atom. The van der Waals surface area contributed by atoms with Crippen molar-refractivity contribution in [3.63, 3.8) is 0 Å². The molecule has 0 radical (unpaired) electrons. The van der Waals surface area contributed by atoms with E-state index in [-0.39, 0.29) is 22.8 Å². The Labute approximate surface area is 324 Å². The average Bonchev–Trinajstić information content (AvgIpc) is 3.47. The number of aromatic nitrogens is 1. The number of hydrogen-bond donors (Lipinski definition) is 0. The van der Waals surface area contributed by atoms with Crippen molar-refractivity contribution in [3.8, 4) is 5.75 Å². The second-order valence-electron chi connectivity index (χ2n) is 14.6. The van der Waals surface area contributed by atoms with E-state index < -0.39 is 24.9 Å². The third-order valence-corrected chi connectivity index (χ3v) is 10.4. The summed E-state index contributed by atoms with van der Waals surface area (Å²) in [5, 5.41) is 7.51. The second-order valence-corrected chi connectivity index (χ2v) is 14.6. The van der Waals surface area contributed by atoms with Crippen molar-refractivity contribution in [2.75, 3.05) is 6.61 Å².